The van der Waals surface area contributed by atoms with Gasteiger partial charge in [-0.05, 0) is 97.3 Å². The number of benzene rings is 1. The fourth-order valence-electron chi connectivity index (χ4n) is 7.03. The summed E-state index contributed by atoms with van der Waals surface area (Å²) in [5, 5.41) is 0. The van der Waals surface area contributed by atoms with Crippen molar-refractivity contribution in [2.75, 3.05) is 0 Å². The van der Waals surface area contributed by atoms with Crippen LogP contribution in [0, 0.1) is 0 Å². The SMILES string of the molecule is c1c(C2CCCC2)c(C2CCCC2)cc(C2CCCC2)c1C1CCCC1. The summed E-state index contributed by atoms with van der Waals surface area (Å²) in [6.45, 7) is 0. The topological polar surface area (TPSA) is 0 Å². The zero-order chi connectivity index (χ0) is 17.3. The second-order valence-corrected chi connectivity index (χ2v) is 10.0. The van der Waals surface area contributed by atoms with Gasteiger partial charge in [0.25, 0.3) is 0 Å². The third kappa shape index (κ3) is 3.27. The van der Waals surface area contributed by atoms with Crippen LogP contribution in [0.25, 0.3) is 0 Å². The highest BCUT2D eigenvalue weighted by molar-refractivity contribution is 5.46. The average molecular weight is 351 g/mol. The molecule has 0 saturated heterocycles. The highest BCUT2D eigenvalue weighted by atomic mass is 14.4. The van der Waals surface area contributed by atoms with E-state index in [2.05, 4.69) is 12.1 Å². The van der Waals surface area contributed by atoms with E-state index in [-0.39, 0.29) is 0 Å². The smallest absolute Gasteiger partial charge is 0.0159 e. The average Bonchev–Trinajstić information content (AvgIpc) is 3.49. The molecule has 4 aliphatic rings. The van der Waals surface area contributed by atoms with Gasteiger partial charge in [0.2, 0.25) is 0 Å². The van der Waals surface area contributed by atoms with E-state index in [0.29, 0.717) is 0 Å². The first-order valence-electron chi connectivity index (χ1n) is 12.1. The Morgan fingerprint density at radius 3 is 0.731 bits per heavy atom. The summed E-state index contributed by atoms with van der Waals surface area (Å²) in [5.74, 6) is 3.57. The zero-order valence-corrected chi connectivity index (χ0v) is 16.8. The van der Waals surface area contributed by atoms with Gasteiger partial charge in [0.1, 0.15) is 0 Å². The molecule has 0 heteroatoms. The molecule has 0 unspecified atom stereocenters. The van der Waals surface area contributed by atoms with Crippen molar-refractivity contribution in [2.45, 2.75) is 126 Å². The van der Waals surface area contributed by atoms with Gasteiger partial charge < -0.3 is 0 Å². The molecular formula is C26H38. The first-order valence-corrected chi connectivity index (χ1v) is 12.1. The molecule has 0 bridgehead atoms. The van der Waals surface area contributed by atoms with Crippen LogP contribution in [0.5, 0.6) is 0 Å². The van der Waals surface area contributed by atoms with Crippen molar-refractivity contribution in [2.24, 2.45) is 0 Å². The van der Waals surface area contributed by atoms with Crippen LogP contribution in [0.4, 0.5) is 0 Å². The van der Waals surface area contributed by atoms with Gasteiger partial charge in [-0.3, -0.25) is 0 Å². The van der Waals surface area contributed by atoms with Crippen LogP contribution in [0.3, 0.4) is 0 Å². The normalized spacial score (nSPS) is 26.5. The molecule has 0 nitrogen and oxygen atoms in total. The van der Waals surface area contributed by atoms with Crippen LogP contribution in [0.1, 0.15) is 149 Å². The second kappa shape index (κ2) is 7.69. The van der Waals surface area contributed by atoms with Gasteiger partial charge in [0, 0.05) is 0 Å². The van der Waals surface area contributed by atoms with Crippen LogP contribution >= 0.6 is 0 Å². The fourth-order valence-corrected chi connectivity index (χ4v) is 7.03. The monoisotopic (exact) mass is 350 g/mol. The van der Waals surface area contributed by atoms with Crippen LogP contribution in [-0.4, -0.2) is 0 Å². The van der Waals surface area contributed by atoms with Gasteiger partial charge in [-0.1, -0.05) is 63.5 Å². The van der Waals surface area contributed by atoms with E-state index in [1.807, 2.05) is 22.3 Å². The van der Waals surface area contributed by atoms with Crippen molar-refractivity contribution < 1.29 is 0 Å². The van der Waals surface area contributed by atoms with Crippen molar-refractivity contribution in [3.63, 3.8) is 0 Å². The maximum absolute atomic E-state index is 2.81. The predicted octanol–water partition coefficient (Wildman–Crippen LogP) is 8.32. The highest BCUT2D eigenvalue weighted by Crippen LogP contribution is 2.49. The van der Waals surface area contributed by atoms with E-state index in [1.165, 1.54) is 103 Å². The summed E-state index contributed by atoms with van der Waals surface area (Å²) < 4.78 is 0. The minimum atomic E-state index is 0.892. The molecule has 0 aliphatic heterocycles. The Balaban J connectivity index is 1.60. The lowest BCUT2D eigenvalue weighted by Gasteiger charge is -2.28. The Morgan fingerprint density at radius 2 is 0.538 bits per heavy atom. The molecule has 0 heterocycles. The van der Waals surface area contributed by atoms with Gasteiger partial charge in [-0.15, -0.1) is 0 Å². The van der Waals surface area contributed by atoms with Crippen molar-refractivity contribution in [1.82, 2.24) is 0 Å². The van der Waals surface area contributed by atoms with E-state index >= 15 is 0 Å². The number of hydrogen-bond acceptors (Lipinski definition) is 0. The lowest BCUT2D eigenvalue weighted by Crippen LogP contribution is -2.10. The Morgan fingerprint density at radius 1 is 0.346 bits per heavy atom. The van der Waals surface area contributed by atoms with Crippen molar-refractivity contribution in [3.8, 4) is 0 Å². The molecule has 0 N–H and O–H groups in total. The quantitative estimate of drug-likeness (QED) is 0.512. The van der Waals surface area contributed by atoms with Gasteiger partial charge >= 0.3 is 0 Å². The van der Waals surface area contributed by atoms with Crippen molar-refractivity contribution in [1.29, 1.82) is 0 Å². The Kier molecular flexibility index (Phi) is 5.12. The first kappa shape index (κ1) is 17.3. The lowest BCUT2D eigenvalue weighted by atomic mass is 9.77. The van der Waals surface area contributed by atoms with Crippen LogP contribution < -0.4 is 0 Å². The predicted molar refractivity (Wildman–Crippen MR) is 111 cm³/mol. The van der Waals surface area contributed by atoms with Crippen LogP contribution in [0.15, 0.2) is 12.1 Å². The van der Waals surface area contributed by atoms with Crippen LogP contribution in [-0.2, 0) is 0 Å². The molecule has 4 aliphatic carbocycles. The minimum absolute atomic E-state index is 0.892. The molecule has 0 amide bonds. The van der Waals surface area contributed by atoms with Crippen molar-refractivity contribution in [3.05, 3.63) is 34.4 Å². The summed E-state index contributed by atoms with van der Waals surface area (Å²) in [4.78, 5) is 0. The first-order chi connectivity index (χ1) is 12.9. The standard InChI is InChI=1S/C26H38/c1-2-10-19(9-1)23-17-25(21-13-5-6-14-21)26(22-15-7-8-16-22)18-24(23)20-11-3-4-12-20/h17-22H,1-16H2. The summed E-state index contributed by atoms with van der Waals surface area (Å²) in [7, 11) is 0. The summed E-state index contributed by atoms with van der Waals surface area (Å²) in [6, 6.07) is 5.63. The van der Waals surface area contributed by atoms with Crippen LogP contribution in [0.2, 0.25) is 0 Å². The van der Waals surface area contributed by atoms with E-state index in [0.717, 1.165) is 23.7 Å². The second-order valence-electron chi connectivity index (χ2n) is 10.0. The molecule has 1 aromatic carbocycles. The third-order valence-corrected chi connectivity index (χ3v) is 8.47. The number of hydrogen-bond donors (Lipinski definition) is 0. The lowest BCUT2D eigenvalue weighted by molar-refractivity contribution is 0.633. The maximum Gasteiger partial charge on any atom is -0.0159 e. The van der Waals surface area contributed by atoms with Gasteiger partial charge in [0.15, 0.2) is 0 Å². The molecule has 0 aromatic heterocycles. The third-order valence-electron chi connectivity index (χ3n) is 8.47. The van der Waals surface area contributed by atoms with E-state index in [9.17, 15) is 0 Å². The molecule has 0 atom stereocenters. The molecule has 4 fully saturated rings. The van der Waals surface area contributed by atoms with E-state index in [4.69, 9.17) is 0 Å². The molecular weight excluding hydrogens is 312 g/mol. The summed E-state index contributed by atoms with van der Waals surface area (Å²) in [5.41, 5.74) is 7.33. The van der Waals surface area contributed by atoms with E-state index in [1.54, 1.807) is 0 Å². The summed E-state index contributed by atoms with van der Waals surface area (Å²) in [6.07, 6.45) is 23.5. The minimum Gasteiger partial charge on any atom is -0.0547 e. The van der Waals surface area contributed by atoms with Gasteiger partial charge in [-0.2, -0.15) is 0 Å². The van der Waals surface area contributed by atoms with Gasteiger partial charge in [0.05, 0.1) is 0 Å². The zero-order valence-electron chi connectivity index (χ0n) is 16.8. The largest absolute Gasteiger partial charge is 0.0547 e. The maximum atomic E-state index is 2.81. The molecule has 0 spiro atoms. The molecule has 1 aromatic rings. The Bertz CT molecular complexity index is 497. The molecule has 0 radical (unpaired) electrons. The Labute approximate surface area is 161 Å². The molecule has 26 heavy (non-hydrogen) atoms. The molecule has 4 saturated carbocycles. The molecule has 5 rings (SSSR count). The van der Waals surface area contributed by atoms with E-state index < -0.39 is 0 Å². The van der Waals surface area contributed by atoms with Crippen molar-refractivity contribution >= 4 is 0 Å². The molecule has 142 valence electrons. The summed E-state index contributed by atoms with van der Waals surface area (Å²) >= 11 is 0. The highest BCUT2D eigenvalue weighted by Gasteiger charge is 2.31. The number of rotatable bonds is 4. The van der Waals surface area contributed by atoms with Gasteiger partial charge in [-0.25, -0.2) is 0 Å². The fraction of sp³-hybridized carbons (Fsp3) is 0.769. The Hall–Kier alpha value is -0.780.